The Kier molecular flexibility index (Phi) is 3.86. The van der Waals surface area contributed by atoms with E-state index < -0.39 is 23.0 Å². The van der Waals surface area contributed by atoms with Gasteiger partial charge in [-0.3, -0.25) is 4.98 Å². The predicted molar refractivity (Wildman–Crippen MR) is 97.5 cm³/mol. The standard InChI is InChI=1S/C19H18ClF2N3O2/c1-17(2)10-18(5-6-25-16(23)27-18)15-14(26-17)4-3-13(19(15,21)22)11-7-12(20)9-24-8-11/h3-9,13H,10H2,1-2H3,(H2,23,25)/t13?,18-/m0/s1. The summed E-state index contributed by atoms with van der Waals surface area (Å²) in [6.07, 6.45) is 8.83. The molecule has 0 radical (unpaired) electrons. The van der Waals surface area contributed by atoms with Gasteiger partial charge in [-0.25, -0.2) is 13.8 Å². The van der Waals surface area contributed by atoms with Crippen LogP contribution in [-0.4, -0.2) is 28.1 Å². The Morgan fingerprint density at radius 2 is 2.04 bits per heavy atom. The van der Waals surface area contributed by atoms with E-state index in [1.54, 1.807) is 6.08 Å². The second kappa shape index (κ2) is 5.79. The number of aliphatic imine (C=N–C) groups is 1. The molecule has 1 unspecified atom stereocenters. The number of pyridine rings is 1. The maximum Gasteiger partial charge on any atom is 0.287 e. The van der Waals surface area contributed by atoms with Gasteiger partial charge in [-0.1, -0.05) is 17.7 Å². The van der Waals surface area contributed by atoms with Gasteiger partial charge in [-0.2, -0.15) is 0 Å². The van der Waals surface area contributed by atoms with Gasteiger partial charge >= 0.3 is 0 Å². The molecule has 2 atom stereocenters. The SMILES string of the molecule is CC1(C)C[C@@]2(C=CN=C(N)O2)C2=C(C=CC(c3cncc(Cl)c3)C2(F)F)O1. The smallest absolute Gasteiger partial charge is 0.287 e. The van der Waals surface area contributed by atoms with Crippen LogP contribution in [0.15, 0.2) is 59.2 Å². The zero-order chi connectivity index (χ0) is 19.4. The number of ether oxygens (including phenoxy) is 2. The first-order chi connectivity index (χ1) is 12.6. The van der Waals surface area contributed by atoms with Gasteiger partial charge in [0, 0.05) is 25.0 Å². The lowest BCUT2D eigenvalue weighted by molar-refractivity contribution is -0.0892. The van der Waals surface area contributed by atoms with Crippen molar-refractivity contribution >= 4 is 17.6 Å². The molecule has 2 aliphatic heterocycles. The Balaban J connectivity index is 1.87. The van der Waals surface area contributed by atoms with Gasteiger partial charge in [-0.05, 0) is 37.6 Å². The molecule has 1 spiro atoms. The second-order valence-corrected chi connectivity index (χ2v) is 7.89. The Hall–Kier alpha value is -2.41. The molecular weight excluding hydrogens is 376 g/mol. The lowest BCUT2D eigenvalue weighted by Crippen LogP contribution is -2.55. The normalized spacial score (nSPS) is 30.4. The third-order valence-electron chi connectivity index (χ3n) is 4.83. The van der Waals surface area contributed by atoms with Gasteiger partial charge in [0.2, 0.25) is 0 Å². The minimum Gasteiger partial charge on any atom is -0.487 e. The fourth-order valence-electron chi connectivity index (χ4n) is 3.96. The largest absolute Gasteiger partial charge is 0.487 e. The first-order valence-electron chi connectivity index (χ1n) is 8.44. The second-order valence-electron chi connectivity index (χ2n) is 7.45. The van der Waals surface area contributed by atoms with E-state index in [2.05, 4.69) is 9.98 Å². The number of hydrogen-bond acceptors (Lipinski definition) is 5. The molecule has 3 heterocycles. The zero-order valence-corrected chi connectivity index (χ0v) is 15.5. The van der Waals surface area contributed by atoms with Gasteiger partial charge in [-0.15, -0.1) is 0 Å². The number of nitrogens with zero attached hydrogens (tertiary/aromatic N) is 2. The fraction of sp³-hybridized carbons (Fsp3) is 0.368. The summed E-state index contributed by atoms with van der Waals surface area (Å²) in [6.45, 7) is 3.63. The van der Waals surface area contributed by atoms with Crippen molar-refractivity contribution in [1.82, 2.24) is 4.98 Å². The Morgan fingerprint density at radius 3 is 2.74 bits per heavy atom. The first kappa shape index (κ1) is 18.0. The van der Waals surface area contributed by atoms with Crippen LogP contribution in [0.5, 0.6) is 0 Å². The molecule has 0 aromatic carbocycles. The van der Waals surface area contributed by atoms with E-state index in [0.29, 0.717) is 5.56 Å². The summed E-state index contributed by atoms with van der Waals surface area (Å²) in [7, 11) is 0. The van der Waals surface area contributed by atoms with Crippen molar-refractivity contribution in [2.45, 2.75) is 43.3 Å². The molecule has 5 nitrogen and oxygen atoms in total. The van der Waals surface area contributed by atoms with Crippen LogP contribution in [0.3, 0.4) is 0 Å². The van der Waals surface area contributed by atoms with E-state index in [1.807, 2.05) is 13.8 Å². The van der Waals surface area contributed by atoms with Crippen LogP contribution in [0, 0.1) is 0 Å². The van der Waals surface area contributed by atoms with Crippen molar-refractivity contribution in [3.05, 3.63) is 64.8 Å². The number of alkyl halides is 2. The van der Waals surface area contributed by atoms with Gasteiger partial charge < -0.3 is 15.2 Å². The summed E-state index contributed by atoms with van der Waals surface area (Å²) in [5.41, 5.74) is 3.59. The molecule has 3 aliphatic rings. The van der Waals surface area contributed by atoms with Crippen LogP contribution in [0.1, 0.15) is 31.7 Å². The van der Waals surface area contributed by atoms with Gasteiger partial charge in [0.1, 0.15) is 11.4 Å². The molecule has 0 bridgehead atoms. The molecule has 2 N–H and O–H groups in total. The molecular formula is C19H18ClF2N3O2. The van der Waals surface area contributed by atoms with E-state index in [9.17, 15) is 0 Å². The van der Waals surface area contributed by atoms with E-state index in [1.165, 1.54) is 36.8 Å². The van der Waals surface area contributed by atoms with Crippen LogP contribution in [-0.2, 0) is 9.47 Å². The molecule has 0 amide bonds. The maximum atomic E-state index is 15.8. The van der Waals surface area contributed by atoms with Crippen molar-refractivity contribution in [2.75, 3.05) is 0 Å². The zero-order valence-electron chi connectivity index (χ0n) is 14.7. The number of aromatic nitrogens is 1. The van der Waals surface area contributed by atoms with Crippen molar-refractivity contribution in [3.8, 4) is 0 Å². The molecule has 1 aromatic heterocycles. The van der Waals surface area contributed by atoms with E-state index in [-0.39, 0.29) is 28.8 Å². The van der Waals surface area contributed by atoms with Crippen LogP contribution >= 0.6 is 11.6 Å². The number of nitrogens with two attached hydrogens (primary N) is 1. The molecule has 0 saturated carbocycles. The van der Waals surface area contributed by atoms with Gasteiger partial charge in [0.15, 0.2) is 5.60 Å². The Bertz CT molecular complexity index is 923. The average Bonchev–Trinajstić information content (AvgIpc) is 2.52. The van der Waals surface area contributed by atoms with E-state index in [0.717, 1.165) is 0 Å². The number of rotatable bonds is 1. The van der Waals surface area contributed by atoms with Crippen molar-refractivity contribution in [1.29, 1.82) is 0 Å². The highest BCUT2D eigenvalue weighted by Gasteiger charge is 2.60. The highest BCUT2D eigenvalue weighted by molar-refractivity contribution is 6.30. The summed E-state index contributed by atoms with van der Waals surface area (Å²) in [5.74, 6) is -4.49. The minimum absolute atomic E-state index is 0.0850. The highest BCUT2D eigenvalue weighted by Crippen LogP contribution is 2.55. The number of halogens is 3. The summed E-state index contributed by atoms with van der Waals surface area (Å²) >= 11 is 5.96. The van der Waals surface area contributed by atoms with E-state index in [4.69, 9.17) is 26.8 Å². The molecule has 0 saturated heterocycles. The van der Waals surface area contributed by atoms with Crippen LogP contribution in [0.25, 0.3) is 0 Å². The summed E-state index contributed by atoms with van der Waals surface area (Å²) in [4.78, 5) is 7.78. The predicted octanol–water partition coefficient (Wildman–Crippen LogP) is 4.07. The van der Waals surface area contributed by atoms with Crippen LogP contribution in [0.4, 0.5) is 8.78 Å². The number of amidine groups is 1. The van der Waals surface area contributed by atoms with Gasteiger partial charge in [0.05, 0.1) is 16.5 Å². The quantitative estimate of drug-likeness (QED) is 0.780. The number of fused-ring (bicyclic) bond motifs is 1. The maximum absolute atomic E-state index is 15.8. The van der Waals surface area contributed by atoms with E-state index >= 15 is 8.78 Å². The van der Waals surface area contributed by atoms with Crippen molar-refractivity contribution < 1.29 is 18.3 Å². The van der Waals surface area contributed by atoms with Crippen LogP contribution in [0.2, 0.25) is 5.02 Å². The Labute approximate surface area is 160 Å². The van der Waals surface area contributed by atoms with Gasteiger partial charge in [0.25, 0.3) is 11.9 Å². The molecule has 1 aromatic rings. The molecule has 4 rings (SSSR count). The average molecular weight is 394 g/mol. The fourth-order valence-corrected chi connectivity index (χ4v) is 4.15. The lowest BCUT2D eigenvalue weighted by atomic mass is 9.71. The monoisotopic (exact) mass is 393 g/mol. The third kappa shape index (κ3) is 2.90. The molecule has 8 heteroatoms. The summed E-state index contributed by atoms with van der Waals surface area (Å²) < 4.78 is 43.1. The third-order valence-corrected chi connectivity index (χ3v) is 5.03. The lowest BCUT2D eigenvalue weighted by Gasteiger charge is -2.49. The molecule has 27 heavy (non-hydrogen) atoms. The Morgan fingerprint density at radius 1 is 1.26 bits per heavy atom. The van der Waals surface area contributed by atoms with Crippen LogP contribution < -0.4 is 5.73 Å². The topological polar surface area (TPSA) is 69.7 Å². The molecule has 0 fully saturated rings. The summed E-state index contributed by atoms with van der Waals surface area (Å²) in [5, 5.41) is 0.289. The number of hydrogen-bond donors (Lipinski definition) is 1. The molecule has 1 aliphatic carbocycles. The highest BCUT2D eigenvalue weighted by atomic mass is 35.5. The number of allylic oxidation sites excluding steroid dienone is 2. The molecule has 142 valence electrons. The first-order valence-corrected chi connectivity index (χ1v) is 8.81. The van der Waals surface area contributed by atoms with Crippen molar-refractivity contribution in [3.63, 3.8) is 0 Å². The van der Waals surface area contributed by atoms with Crippen molar-refractivity contribution in [2.24, 2.45) is 10.7 Å². The summed E-state index contributed by atoms with van der Waals surface area (Å²) in [6, 6.07) is 1.32. The minimum atomic E-state index is -3.31.